The highest BCUT2D eigenvalue weighted by Gasteiger charge is 2.24. The first-order valence-electron chi connectivity index (χ1n) is 9.51. The van der Waals surface area contributed by atoms with E-state index in [9.17, 15) is 9.59 Å². The van der Waals surface area contributed by atoms with Gasteiger partial charge < -0.3 is 10.2 Å². The molecule has 0 unspecified atom stereocenters. The van der Waals surface area contributed by atoms with Crippen molar-refractivity contribution in [3.8, 4) is 0 Å². The first-order chi connectivity index (χ1) is 13.1. The summed E-state index contributed by atoms with van der Waals surface area (Å²) in [5.41, 5.74) is 1.16. The molecule has 2 amide bonds. The normalized spacial score (nSPS) is 15.7. The van der Waals surface area contributed by atoms with Crippen LogP contribution in [-0.4, -0.2) is 40.8 Å². The lowest BCUT2D eigenvalue weighted by atomic mass is 10.00. The minimum Gasteiger partial charge on any atom is -0.341 e. The van der Waals surface area contributed by atoms with Gasteiger partial charge in [-0.05, 0) is 49.1 Å². The Morgan fingerprint density at radius 1 is 1.04 bits per heavy atom. The van der Waals surface area contributed by atoms with Crippen molar-refractivity contribution in [3.05, 3.63) is 54.2 Å². The molecular weight excluding hydrogens is 338 g/mol. The molecular formula is C22H23N3O2. The number of rotatable bonds is 3. The fraction of sp³-hybridized carbons (Fsp3) is 0.318. The minimum atomic E-state index is -0.555. The lowest BCUT2D eigenvalue weighted by Gasteiger charge is -2.29. The van der Waals surface area contributed by atoms with Crippen molar-refractivity contribution in [2.24, 2.45) is 0 Å². The van der Waals surface area contributed by atoms with Crippen LogP contribution in [0.5, 0.6) is 0 Å². The Morgan fingerprint density at radius 2 is 1.78 bits per heavy atom. The Hall–Kier alpha value is -2.95. The van der Waals surface area contributed by atoms with Gasteiger partial charge in [0.2, 0.25) is 5.91 Å². The summed E-state index contributed by atoms with van der Waals surface area (Å²) in [6, 6.07) is 13.1. The zero-order valence-electron chi connectivity index (χ0n) is 15.4. The zero-order valence-corrected chi connectivity index (χ0v) is 15.4. The van der Waals surface area contributed by atoms with Crippen LogP contribution in [0.3, 0.4) is 0 Å². The number of hydrogen-bond acceptors (Lipinski definition) is 3. The predicted molar refractivity (Wildman–Crippen MR) is 107 cm³/mol. The van der Waals surface area contributed by atoms with Gasteiger partial charge in [-0.2, -0.15) is 0 Å². The van der Waals surface area contributed by atoms with Crippen LogP contribution in [0.2, 0.25) is 0 Å². The van der Waals surface area contributed by atoms with Gasteiger partial charge >= 0.3 is 0 Å². The molecule has 5 nitrogen and oxygen atoms in total. The number of fused-ring (bicyclic) bond motifs is 3. The molecule has 0 spiro atoms. The molecule has 0 radical (unpaired) electrons. The summed E-state index contributed by atoms with van der Waals surface area (Å²) in [6.45, 7) is 3.31. The van der Waals surface area contributed by atoms with Gasteiger partial charge in [0.15, 0.2) is 0 Å². The fourth-order valence-electron chi connectivity index (χ4n) is 3.83. The second-order valence-corrected chi connectivity index (χ2v) is 7.13. The van der Waals surface area contributed by atoms with Crippen molar-refractivity contribution in [1.82, 2.24) is 15.2 Å². The Labute approximate surface area is 158 Å². The van der Waals surface area contributed by atoms with Gasteiger partial charge in [-0.15, -0.1) is 0 Å². The summed E-state index contributed by atoms with van der Waals surface area (Å²) in [4.78, 5) is 31.9. The summed E-state index contributed by atoms with van der Waals surface area (Å²) >= 11 is 0. The number of benzene rings is 2. The van der Waals surface area contributed by atoms with Crippen molar-refractivity contribution >= 4 is 33.5 Å². The van der Waals surface area contributed by atoms with Crippen molar-refractivity contribution in [1.29, 1.82) is 0 Å². The number of carbonyl (C=O) groups excluding carboxylic acids is 2. The molecule has 1 aromatic heterocycles. The molecule has 1 aliphatic heterocycles. The third kappa shape index (κ3) is 3.37. The number of aromatic nitrogens is 1. The zero-order chi connectivity index (χ0) is 18.8. The van der Waals surface area contributed by atoms with E-state index in [4.69, 9.17) is 0 Å². The van der Waals surface area contributed by atoms with Gasteiger partial charge in [0.25, 0.3) is 5.91 Å². The first kappa shape index (κ1) is 17.5. The SMILES string of the molecule is C[C@H](NC(=O)c1cc2ccccc2c2cccnc12)C(=O)N1CCCCC1. The van der Waals surface area contributed by atoms with Crippen LogP contribution in [0.15, 0.2) is 48.7 Å². The van der Waals surface area contributed by atoms with Gasteiger partial charge in [0, 0.05) is 24.7 Å². The number of nitrogens with one attached hydrogen (secondary N) is 1. The monoisotopic (exact) mass is 361 g/mol. The standard InChI is InChI=1S/C22H23N3O2/c1-15(22(27)25-12-5-2-6-13-25)24-21(26)19-14-16-8-3-4-9-17(16)18-10-7-11-23-20(18)19/h3-4,7-11,14-15H,2,5-6,12-13H2,1H3,(H,24,26)/t15-/m0/s1. The number of likely N-dealkylation sites (tertiary alicyclic amines) is 1. The molecule has 1 saturated heterocycles. The molecule has 2 heterocycles. The van der Waals surface area contributed by atoms with Gasteiger partial charge in [-0.3, -0.25) is 14.6 Å². The van der Waals surface area contributed by atoms with Gasteiger partial charge in [0.05, 0.1) is 11.1 Å². The molecule has 0 bridgehead atoms. The summed E-state index contributed by atoms with van der Waals surface area (Å²) in [5.74, 6) is -0.275. The average Bonchev–Trinajstić information content (AvgIpc) is 2.73. The molecule has 27 heavy (non-hydrogen) atoms. The van der Waals surface area contributed by atoms with Crippen LogP contribution in [0.25, 0.3) is 21.7 Å². The van der Waals surface area contributed by atoms with E-state index in [1.165, 1.54) is 6.42 Å². The minimum absolute atomic E-state index is 0.0129. The number of hydrogen-bond donors (Lipinski definition) is 1. The number of nitrogens with zero attached hydrogens (tertiary/aromatic N) is 2. The Morgan fingerprint density at radius 3 is 2.59 bits per heavy atom. The van der Waals surface area contributed by atoms with E-state index < -0.39 is 6.04 Å². The van der Waals surface area contributed by atoms with Crippen LogP contribution in [0, 0.1) is 0 Å². The molecule has 5 heteroatoms. The Kier molecular flexibility index (Phi) is 4.75. The van der Waals surface area contributed by atoms with Crippen molar-refractivity contribution in [3.63, 3.8) is 0 Å². The van der Waals surface area contributed by atoms with Crippen molar-refractivity contribution < 1.29 is 9.59 Å². The molecule has 2 aromatic carbocycles. The predicted octanol–water partition coefficient (Wildman–Crippen LogP) is 3.52. The molecule has 1 aliphatic rings. The van der Waals surface area contributed by atoms with E-state index in [-0.39, 0.29) is 11.8 Å². The number of carbonyl (C=O) groups is 2. The molecule has 3 aromatic rings. The van der Waals surface area contributed by atoms with Crippen LogP contribution in [0.1, 0.15) is 36.5 Å². The maximum absolute atomic E-state index is 13.0. The van der Waals surface area contributed by atoms with E-state index in [1.807, 2.05) is 47.4 Å². The summed E-state index contributed by atoms with van der Waals surface area (Å²) < 4.78 is 0. The van der Waals surface area contributed by atoms with E-state index >= 15 is 0 Å². The van der Waals surface area contributed by atoms with Gasteiger partial charge in [-0.1, -0.05) is 30.3 Å². The highest BCUT2D eigenvalue weighted by atomic mass is 16.2. The number of pyridine rings is 1. The largest absolute Gasteiger partial charge is 0.341 e. The molecule has 4 rings (SSSR count). The summed E-state index contributed by atoms with van der Waals surface area (Å²) in [7, 11) is 0. The average molecular weight is 361 g/mol. The topological polar surface area (TPSA) is 62.3 Å². The van der Waals surface area contributed by atoms with Crippen molar-refractivity contribution in [2.45, 2.75) is 32.2 Å². The highest BCUT2D eigenvalue weighted by molar-refractivity contribution is 6.16. The molecule has 138 valence electrons. The van der Waals surface area contributed by atoms with Gasteiger partial charge in [0.1, 0.15) is 6.04 Å². The summed E-state index contributed by atoms with van der Waals surface area (Å²) in [5, 5.41) is 5.87. The Balaban J connectivity index is 1.64. The molecule has 1 atom stereocenters. The lowest BCUT2D eigenvalue weighted by molar-refractivity contribution is -0.133. The van der Waals surface area contributed by atoms with E-state index in [0.717, 1.165) is 42.1 Å². The fourth-order valence-corrected chi connectivity index (χ4v) is 3.83. The summed E-state index contributed by atoms with van der Waals surface area (Å²) in [6.07, 6.45) is 4.92. The second-order valence-electron chi connectivity index (χ2n) is 7.13. The number of piperidine rings is 1. The third-order valence-electron chi connectivity index (χ3n) is 5.24. The van der Waals surface area contributed by atoms with E-state index in [2.05, 4.69) is 10.3 Å². The second kappa shape index (κ2) is 7.35. The van der Waals surface area contributed by atoms with Crippen LogP contribution in [-0.2, 0) is 4.79 Å². The molecule has 0 aliphatic carbocycles. The van der Waals surface area contributed by atoms with Crippen LogP contribution < -0.4 is 5.32 Å². The quantitative estimate of drug-likeness (QED) is 0.726. The van der Waals surface area contributed by atoms with Gasteiger partial charge in [-0.25, -0.2) is 0 Å². The third-order valence-corrected chi connectivity index (χ3v) is 5.24. The van der Waals surface area contributed by atoms with E-state index in [1.54, 1.807) is 13.1 Å². The number of amides is 2. The van der Waals surface area contributed by atoms with Crippen LogP contribution >= 0.6 is 0 Å². The molecule has 0 saturated carbocycles. The highest BCUT2D eigenvalue weighted by Crippen LogP contribution is 2.27. The van der Waals surface area contributed by atoms with Crippen molar-refractivity contribution in [2.75, 3.05) is 13.1 Å². The maximum atomic E-state index is 13.0. The lowest BCUT2D eigenvalue weighted by Crippen LogP contribution is -2.48. The molecule has 1 N–H and O–H groups in total. The van der Waals surface area contributed by atoms with E-state index in [0.29, 0.717) is 11.1 Å². The smallest absolute Gasteiger partial charge is 0.254 e. The molecule has 1 fully saturated rings. The first-order valence-corrected chi connectivity index (χ1v) is 9.51. The van der Waals surface area contributed by atoms with Crippen LogP contribution in [0.4, 0.5) is 0 Å². The maximum Gasteiger partial charge on any atom is 0.254 e. The Bertz CT molecular complexity index is 1010.